The topological polar surface area (TPSA) is 34.1 Å². The van der Waals surface area contributed by atoms with E-state index < -0.39 is 24.9 Å². The molecule has 2 nitrogen and oxygen atoms in total. The van der Waals surface area contributed by atoms with E-state index in [2.05, 4.69) is 0 Å². The van der Waals surface area contributed by atoms with Crippen LogP contribution in [0.1, 0.15) is 0 Å². The number of halogens is 2. The zero-order valence-corrected chi connectivity index (χ0v) is 23.4. The van der Waals surface area contributed by atoms with Crippen LogP contribution in [-0.4, -0.2) is 12.3 Å². The van der Waals surface area contributed by atoms with Crippen molar-refractivity contribution in [3.05, 3.63) is 121 Å². The average molecular weight is 588 g/mol. The molecule has 0 radical (unpaired) electrons. The Labute approximate surface area is 219 Å². The molecule has 4 aromatic rings. The van der Waals surface area contributed by atoms with E-state index in [1.54, 1.807) is 0 Å². The van der Waals surface area contributed by atoms with Crippen molar-refractivity contribution in [2.24, 2.45) is 0 Å². The summed E-state index contributed by atoms with van der Waals surface area (Å²) in [6, 6.07) is 38.2. The Bertz CT molecular complexity index is 1130. The van der Waals surface area contributed by atoms with Gasteiger partial charge in [-0.2, -0.15) is 0 Å². The van der Waals surface area contributed by atoms with Gasteiger partial charge in [-0.05, 0) is 0 Å². The molecule has 0 aromatic heterocycles. The van der Waals surface area contributed by atoms with Gasteiger partial charge < -0.3 is 0 Å². The second kappa shape index (κ2) is 11.6. The van der Waals surface area contributed by atoms with E-state index in [0.717, 1.165) is 21.2 Å². The Morgan fingerprint density at radius 1 is 0.457 bits per heavy atom. The van der Waals surface area contributed by atoms with Crippen LogP contribution < -0.4 is 21.2 Å². The van der Waals surface area contributed by atoms with Gasteiger partial charge in [-0.1, -0.05) is 0 Å². The van der Waals surface area contributed by atoms with Crippen LogP contribution in [0.25, 0.3) is 0 Å². The van der Waals surface area contributed by atoms with Gasteiger partial charge in [0.05, 0.1) is 0 Å². The van der Waals surface area contributed by atoms with Gasteiger partial charge in [0.1, 0.15) is 0 Å². The van der Waals surface area contributed by atoms with Crippen molar-refractivity contribution in [3.63, 3.8) is 0 Å². The Hall–Kier alpha value is -1.59. The van der Waals surface area contributed by atoms with Crippen LogP contribution in [0.4, 0.5) is 0 Å². The summed E-state index contributed by atoms with van der Waals surface area (Å²) in [5, 5.41) is 4.03. The molecular weight excluding hydrogens is 560 g/mol. The third kappa shape index (κ3) is 6.41. The van der Waals surface area contributed by atoms with Crippen LogP contribution in [0.2, 0.25) is 10.8 Å². The van der Waals surface area contributed by atoms with Gasteiger partial charge in [0, 0.05) is 0 Å². The van der Waals surface area contributed by atoms with Crippen LogP contribution in [0.3, 0.4) is 0 Å². The molecule has 0 fully saturated rings. The van der Waals surface area contributed by atoms with E-state index in [4.69, 9.17) is 20.4 Å². The van der Waals surface area contributed by atoms with Gasteiger partial charge >= 0.3 is 220 Å². The van der Waals surface area contributed by atoms with Crippen LogP contribution in [-0.2, 0) is 19.7 Å². The predicted molar refractivity (Wildman–Crippen MR) is 151 cm³/mol. The van der Waals surface area contributed by atoms with Crippen molar-refractivity contribution < 1.29 is 19.7 Å². The van der Waals surface area contributed by atoms with E-state index in [1.807, 2.05) is 121 Å². The van der Waals surface area contributed by atoms with E-state index in [1.165, 1.54) is 0 Å². The second-order valence-corrected chi connectivity index (χ2v) is 21.0. The molecule has 0 saturated carbocycles. The Balaban J connectivity index is 1.56. The molecule has 0 saturated heterocycles. The van der Waals surface area contributed by atoms with E-state index >= 15 is 0 Å². The van der Waals surface area contributed by atoms with Crippen molar-refractivity contribution in [1.29, 1.82) is 0 Å². The summed E-state index contributed by atoms with van der Waals surface area (Å²) in [5.41, 5.74) is 0. The van der Waals surface area contributed by atoms with Gasteiger partial charge in [0.15, 0.2) is 0 Å². The summed E-state index contributed by atoms with van der Waals surface area (Å²) >= 11 is 0. The quantitative estimate of drug-likeness (QED) is 0.144. The molecule has 0 amide bonds. The summed E-state index contributed by atoms with van der Waals surface area (Å²) in [6.45, 7) is 0. The molecule has 186 valence electrons. The third-order valence-electron chi connectivity index (χ3n) is 5.93. The minimum absolute atomic E-state index is 0.370. The molecule has 7 heteroatoms. The number of rotatable bonds is 10. The first-order valence-corrected chi connectivity index (χ1v) is 19.1. The molecule has 0 N–H and O–H groups in total. The summed E-state index contributed by atoms with van der Waals surface area (Å²) in [7, 11) is 5.69. The van der Waals surface area contributed by atoms with Gasteiger partial charge in [0.25, 0.3) is 0 Å². The van der Waals surface area contributed by atoms with Crippen molar-refractivity contribution >= 4 is 55.9 Å². The molecule has 0 aliphatic carbocycles. The zero-order chi connectivity index (χ0) is 24.8. The molecule has 0 heterocycles. The fourth-order valence-corrected chi connectivity index (χ4v) is 15.7. The first-order chi connectivity index (χ1) is 16.8. The van der Waals surface area contributed by atoms with Crippen molar-refractivity contribution in [2.75, 3.05) is 12.3 Å². The van der Waals surface area contributed by atoms with Crippen LogP contribution in [0, 0.1) is 0 Å². The fourth-order valence-electron chi connectivity index (χ4n) is 3.97. The fraction of sp³-hybridized carbons (Fsp3) is 0.143. The molecular formula is C28H28Cl2NiO2P2. The van der Waals surface area contributed by atoms with Gasteiger partial charge in [0.2, 0.25) is 0 Å². The number of hydrogen-bond donors (Lipinski definition) is 0. The van der Waals surface area contributed by atoms with E-state index in [0.29, 0.717) is 23.1 Å². The summed E-state index contributed by atoms with van der Waals surface area (Å²) in [4.78, 5) is 0. The van der Waals surface area contributed by atoms with Crippen molar-refractivity contribution in [3.8, 4) is 0 Å². The van der Waals surface area contributed by atoms with Crippen LogP contribution in [0.15, 0.2) is 121 Å². The van der Waals surface area contributed by atoms with E-state index in [-0.39, 0.29) is 0 Å². The second-order valence-electron chi connectivity index (χ2n) is 8.13. The van der Waals surface area contributed by atoms with Gasteiger partial charge in [-0.15, -0.1) is 0 Å². The summed E-state index contributed by atoms with van der Waals surface area (Å²) < 4.78 is 28.7. The first kappa shape index (κ1) is 26.5. The molecule has 0 spiro atoms. The Kier molecular flexibility index (Phi) is 8.81. The van der Waals surface area contributed by atoms with Crippen LogP contribution in [0.5, 0.6) is 0 Å². The molecule has 0 atom stereocenters. The maximum absolute atomic E-state index is 14.4. The molecule has 0 unspecified atom stereocenters. The molecule has 4 aromatic carbocycles. The number of hydrogen-bond acceptors (Lipinski definition) is 2. The van der Waals surface area contributed by atoms with E-state index in [9.17, 15) is 9.13 Å². The molecule has 35 heavy (non-hydrogen) atoms. The number of benzene rings is 4. The summed E-state index contributed by atoms with van der Waals surface area (Å²) in [6.07, 6.45) is 0.740. The normalized spacial score (nSPS) is 12.9. The Morgan fingerprint density at radius 2 is 0.686 bits per heavy atom. The first-order valence-electron chi connectivity index (χ1n) is 11.2. The minimum atomic E-state index is -2.92. The zero-order valence-electron chi connectivity index (χ0n) is 19.2. The average Bonchev–Trinajstić information content (AvgIpc) is 2.92. The predicted octanol–water partition coefficient (Wildman–Crippen LogP) is 7.31. The maximum atomic E-state index is 14.4. The molecule has 0 aliphatic heterocycles. The molecule has 4 rings (SSSR count). The van der Waals surface area contributed by atoms with Crippen molar-refractivity contribution in [2.45, 2.75) is 10.8 Å². The standard InChI is InChI=1S/2C14H14OP.2ClH.Ni/c2*1-2-16(15,13-9-5-3-6-10-13)14-11-7-4-8-12-14;;;/h2*3-12H,1-2H2;2*1H;/q;;;;+2/p-2. The van der Waals surface area contributed by atoms with Gasteiger partial charge in [-0.3, -0.25) is 0 Å². The Morgan fingerprint density at radius 3 is 0.914 bits per heavy atom. The van der Waals surface area contributed by atoms with Crippen LogP contribution >= 0.6 is 34.7 Å². The monoisotopic (exact) mass is 586 g/mol. The molecule has 0 aliphatic rings. The van der Waals surface area contributed by atoms with Gasteiger partial charge in [-0.25, -0.2) is 0 Å². The SMILES string of the molecule is O=P(C[CH2][Ni]([Cl])([Cl])[CH2]CP(=O)(c1ccccc1)c1ccccc1)(c1ccccc1)c1ccccc1. The summed E-state index contributed by atoms with van der Waals surface area (Å²) in [5.74, 6) is 0. The molecule has 0 bridgehead atoms. The van der Waals surface area contributed by atoms with Crippen molar-refractivity contribution in [1.82, 2.24) is 0 Å². The third-order valence-corrected chi connectivity index (χ3v) is 16.7.